The van der Waals surface area contributed by atoms with E-state index < -0.39 is 11.6 Å². The van der Waals surface area contributed by atoms with Gasteiger partial charge in [0, 0.05) is 12.4 Å². The number of nitrogens with two attached hydrogens (primary N) is 1. The molecular formula is C10H9F2N3. The van der Waals surface area contributed by atoms with Gasteiger partial charge in [0.15, 0.2) is 11.6 Å². The van der Waals surface area contributed by atoms with Crippen LogP contribution >= 0.6 is 0 Å². The highest BCUT2D eigenvalue weighted by Crippen LogP contribution is 2.23. The average molecular weight is 209 g/mol. The Labute approximate surface area is 85.2 Å². The van der Waals surface area contributed by atoms with E-state index >= 15 is 0 Å². The third kappa shape index (κ3) is 1.45. The molecule has 1 aromatic carbocycles. The number of halogens is 2. The van der Waals surface area contributed by atoms with Crippen molar-refractivity contribution in [3.63, 3.8) is 0 Å². The summed E-state index contributed by atoms with van der Waals surface area (Å²) in [6, 6.07) is 2.33. The standard InChI is InChI=1S/C10H9F2N3/c1-6-14-4-5-15(6)10-8(13)3-2-7(11)9(10)12/h2-5H,13H2,1H3. The molecule has 0 atom stereocenters. The summed E-state index contributed by atoms with van der Waals surface area (Å²) in [7, 11) is 0. The Bertz CT molecular complexity index is 505. The van der Waals surface area contributed by atoms with Gasteiger partial charge in [0.05, 0.1) is 5.69 Å². The van der Waals surface area contributed by atoms with E-state index in [2.05, 4.69) is 4.98 Å². The lowest BCUT2D eigenvalue weighted by molar-refractivity contribution is 0.504. The number of nitrogen functional groups attached to an aromatic ring is 1. The number of nitrogens with zero attached hydrogens (tertiary/aromatic N) is 2. The Hall–Kier alpha value is -1.91. The Morgan fingerprint density at radius 3 is 2.67 bits per heavy atom. The van der Waals surface area contributed by atoms with Gasteiger partial charge in [-0.05, 0) is 19.1 Å². The molecule has 3 nitrogen and oxygen atoms in total. The van der Waals surface area contributed by atoms with Crippen LogP contribution in [0.15, 0.2) is 24.5 Å². The summed E-state index contributed by atoms with van der Waals surface area (Å²) in [5.41, 5.74) is 5.78. The Kier molecular flexibility index (Phi) is 2.15. The van der Waals surface area contributed by atoms with Crippen molar-refractivity contribution in [2.75, 3.05) is 5.73 Å². The molecule has 0 aliphatic heterocycles. The number of aromatic nitrogens is 2. The maximum atomic E-state index is 13.5. The second-order valence-corrected chi connectivity index (χ2v) is 3.14. The van der Waals surface area contributed by atoms with Crippen molar-refractivity contribution in [2.45, 2.75) is 6.92 Å². The fourth-order valence-corrected chi connectivity index (χ4v) is 1.41. The minimum atomic E-state index is -0.962. The first-order valence-electron chi connectivity index (χ1n) is 4.35. The average Bonchev–Trinajstić information content (AvgIpc) is 2.60. The molecule has 0 aliphatic rings. The molecule has 78 valence electrons. The van der Waals surface area contributed by atoms with Gasteiger partial charge in [0.25, 0.3) is 0 Å². The molecule has 0 fully saturated rings. The molecule has 2 rings (SSSR count). The van der Waals surface area contributed by atoms with Crippen LogP contribution in [0.5, 0.6) is 0 Å². The minimum absolute atomic E-state index is 0.00463. The van der Waals surface area contributed by atoms with E-state index in [1.165, 1.54) is 23.0 Å². The van der Waals surface area contributed by atoms with E-state index in [1.807, 2.05) is 0 Å². The molecule has 0 bridgehead atoms. The van der Waals surface area contributed by atoms with Crippen LogP contribution in [0, 0.1) is 18.6 Å². The zero-order chi connectivity index (χ0) is 11.0. The number of imidazole rings is 1. The van der Waals surface area contributed by atoms with Gasteiger partial charge in [-0.2, -0.15) is 0 Å². The number of anilines is 1. The Balaban J connectivity index is 2.72. The molecule has 2 aromatic rings. The highest BCUT2D eigenvalue weighted by Gasteiger charge is 2.14. The lowest BCUT2D eigenvalue weighted by Crippen LogP contribution is -2.05. The van der Waals surface area contributed by atoms with Crippen molar-refractivity contribution in [3.8, 4) is 5.69 Å². The summed E-state index contributed by atoms with van der Waals surface area (Å²) in [5, 5.41) is 0. The number of hydrogen-bond donors (Lipinski definition) is 1. The Morgan fingerprint density at radius 2 is 2.07 bits per heavy atom. The minimum Gasteiger partial charge on any atom is -0.397 e. The molecule has 0 spiro atoms. The highest BCUT2D eigenvalue weighted by molar-refractivity contribution is 5.59. The van der Waals surface area contributed by atoms with Crippen LogP contribution in [-0.2, 0) is 0 Å². The van der Waals surface area contributed by atoms with Gasteiger partial charge >= 0.3 is 0 Å². The van der Waals surface area contributed by atoms with Crippen LogP contribution in [-0.4, -0.2) is 9.55 Å². The molecule has 15 heavy (non-hydrogen) atoms. The van der Waals surface area contributed by atoms with Gasteiger partial charge in [-0.3, -0.25) is 4.57 Å². The van der Waals surface area contributed by atoms with Crippen LogP contribution in [0.3, 0.4) is 0 Å². The summed E-state index contributed by atoms with van der Waals surface area (Å²) in [5.74, 6) is -1.34. The first-order chi connectivity index (χ1) is 7.11. The van der Waals surface area contributed by atoms with E-state index in [4.69, 9.17) is 5.73 Å². The van der Waals surface area contributed by atoms with Crippen LogP contribution < -0.4 is 5.73 Å². The molecule has 1 aromatic heterocycles. The molecule has 0 saturated heterocycles. The number of aryl methyl sites for hydroxylation is 1. The van der Waals surface area contributed by atoms with Crippen LogP contribution in [0.1, 0.15) is 5.82 Å². The number of benzene rings is 1. The molecule has 0 unspecified atom stereocenters. The first-order valence-corrected chi connectivity index (χ1v) is 4.35. The quantitative estimate of drug-likeness (QED) is 0.730. The van der Waals surface area contributed by atoms with E-state index in [0.717, 1.165) is 6.07 Å². The van der Waals surface area contributed by atoms with Crippen molar-refractivity contribution in [1.82, 2.24) is 9.55 Å². The summed E-state index contributed by atoms with van der Waals surface area (Å²) < 4.78 is 27.9. The third-order valence-electron chi connectivity index (χ3n) is 2.17. The van der Waals surface area contributed by atoms with E-state index in [1.54, 1.807) is 6.92 Å². The maximum absolute atomic E-state index is 13.5. The van der Waals surface area contributed by atoms with Crippen LogP contribution in [0.2, 0.25) is 0 Å². The van der Waals surface area contributed by atoms with Gasteiger partial charge < -0.3 is 5.73 Å². The summed E-state index contributed by atoms with van der Waals surface area (Å²) >= 11 is 0. The molecule has 0 amide bonds. The van der Waals surface area contributed by atoms with Gasteiger partial charge in [0.2, 0.25) is 0 Å². The second kappa shape index (κ2) is 3.34. The van der Waals surface area contributed by atoms with E-state index in [9.17, 15) is 8.78 Å². The number of hydrogen-bond acceptors (Lipinski definition) is 2. The first kappa shape index (κ1) is 9.64. The van der Waals surface area contributed by atoms with Gasteiger partial charge in [-0.25, -0.2) is 13.8 Å². The molecule has 2 N–H and O–H groups in total. The molecule has 0 radical (unpaired) electrons. The second-order valence-electron chi connectivity index (χ2n) is 3.14. The van der Waals surface area contributed by atoms with E-state index in [0.29, 0.717) is 5.82 Å². The largest absolute Gasteiger partial charge is 0.397 e. The zero-order valence-electron chi connectivity index (χ0n) is 8.04. The fourth-order valence-electron chi connectivity index (χ4n) is 1.41. The normalized spacial score (nSPS) is 10.6. The van der Waals surface area contributed by atoms with Gasteiger partial charge in [-0.1, -0.05) is 0 Å². The van der Waals surface area contributed by atoms with Crippen molar-refractivity contribution < 1.29 is 8.78 Å². The molecule has 0 aliphatic carbocycles. The predicted octanol–water partition coefficient (Wildman–Crippen LogP) is 2.04. The topological polar surface area (TPSA) is 43.8 Å². The summed E-state index contributed by atoms with van der Waals surface area (Å²) in [4.78, 5) is 3.92. The monoisotopic (exact) mass is 209 g/mol. The van der Waals surface area contributed by atoms with Gasteiger partial charge in [-0.15, -0.1) is 0 Å². The maximum Gasteiger partial charge on any atom is 0.184 e. The molecular weight excluding hydrogens is 200 g/mol. The van der Waals surface area contributed by atoms with Crippen LogP contribution in [0.4, 0.5) is 14.5 Å². The Morgan fingerprint density at radius 1 is 1.33 bits per heavy atom. The lowest BCUT2D eigenvalue weighted by Gasteiger charge is -2.09. The van der Waals surface area contributed by atoms with Crippen LogP contribution in [0.25, 0.3) is 5.69 Å². The smallest absolute Gasteiger partial charge is 0.184 e. The third-order valence-corrected chi connectivity index (χ3v) is 2.17. The molecule has 1 heterocycles. The fraction of sp³-hybridized carbons (Fsp3) is 0.100. The van der Waals surface area contributed by atoms with Crippen molar-refractivity contribution in [1.29, 1.82) is 0 Å². The number of rotatable bonds is 1. The summed E-state index contributed by atoms with van der Waals surface area (Å²) in [6.07, 6.45) is 3.03. The highest BCUT2D eigenvalue weighted by atomic mass is 19.2. The zero-order valence-corrected chi connectivity index (χ0v) is 8.04. The van der Waals surface area contributed by atoms with Crippen molar-refractivity contribution >= 4 is 5.69 Å². The molecule has 5 heteroatoms. The lowest BCUT2D eigenvalue weighted by atomic mass is 10.2. The predicted molar refractivity (Wildman–Crippen MR) is 52.6 cm³/mol. The van der Waals surface area contributed by atoms with Crippen molar-refractivity contribution in [2.24, 2.45) is 0 Å². The van der Waals surface area contributed by atoms with Gasteiger partial charge in [0.1, 0.15) is 11.5 Å². The van der Waals surface area contributed by atoms with Crippen molar-refractivity contribution in [3.05, 3.63) is 42.0 Å². The SMILES string of the molecule is Cc1nccn1-c1c(N)ccc(F)c1F. The van der Waals surface area contributed by atoms with E-state index in [-0.39, 0.29) is 11.4 Å². The molecule has 0 saturated carbocycles. The summed E-state index contributed by atoms with van der Waals surface area (Å²) in [6.45, 7) is 1.68.